The van der Waals surface area contributed by atoms with Crippen LogP contribution in [0.25, 0.3) is 0 Å². The highest BCUT2D eigenvalue weighted by Crippen LogP contribution is 2.16. The molecular formula is C16H16BrN3. The molecule has 4 heteroatoms. The van der Waals surface area contributed by atoms with Crippen LogP contribution in [0.15, 0.2) is 64.1 Å². The SMILES string of the molecule is N=C(C(N)=NCCc1ccccc1Br)c1ccccc1. The number of benzene rings is 2. The second-order valence-corrected chi connectivity index (χ2v) is 5.20. The number of nitrogens with zero attached hydrogens (tertiary/aromatic N) is 1. The number of rotatable bonds is 5. The van der Waals surface area contributed by atoms with Crippen LogP contribution in [0.1, 0.15) is 11.1 Å². The van der Waals surface area contributed by atoms with Crippen molar-refractivity contribution in [3.8, 4) is 0 Å². The molecule has 2 aromatic carbocycles. The van der Waals surface area contributed by atoms with E-state index >= 15 is 0 Å². The molecule has 0 atom stereocenters. The van der Waals surface area contributed by atoms with Gasteiger partial charge in [-0.3, -0.25) is 10.4 Å². The largest absolute Gasteiger partial charge is 0.382 e. The average molecular weight is 330 g/mol. The molecule has 0 aliphatic heterocycles. The number of nitrogens with one attached hydrogen (secondary N) is 1. The van der Waals surface area contributed by atoms with Crippen molar-refractivity contribution < 1.29 is 0 Å². The van der Waals surface area contributed by atoms with E-state index in [-0.39, 0.29) is 11.5 Å². The first-order valence-corrected chi connectivity index (χ1v) is 7.15. The quantitative estimate of drug-likeness (QED) is 0.640. The Balaban J connectivity index is 1.98. The van der Waals surface area contributed by atoms with Gasteiger partial charge in [0, 0.05) is 16.6 Å². The maximum atomic E-state index is 8.00. The van der Waals surface area contributed by atoms with Gasteiger partial charge in [0.25, 0.3) is 0 Å². The van der Waals surface area contributed by atoms with Crippen molar-refractivity contribution in [1.82, 2.24) is 0 Å². The Labute approximate surface area is 127 Å². The smallest absolute Gasteiger partial charge is 0.144 e. The van der Waals surface area contributed by atoms with Crippen molar-refractivity contribution in [1.29, 1.82) is 5.41 Å². The van der Waals surface area contributed by atoms with Crippen LogP contribution in [-0.4, -0.2) is 18.1 Å². The minimum atomic E-state index is 0.276. The fourth-order valence-electron chi connectivity index (χ4n) is 1.83. The van der Waals surface area contributed by atoms with Gasteiger partial charge >= 0.3 is 0 Å². The standard InChI is InChI=1S/C16H16BrN3/c17-14-9-5-4-6-12(14)10-11-20-16(19)15(18)13-7-2-1-3-8-13/h1-9,18H,10-11H2,(H2,19,20). The number of hydrogen-bond acceptors (Lipinski definition) is 2. The number of amidine groups is 1. The lowest BCUT2D eigenvalue weighted by Gasteiger charge is -2.05. The highest BCUT2D eigenvalue weighted by Gasteiger charge is 2.05. The van der Waals surface area contributed by atoms with E-state index in [0.29, 0.717) is 6.54 Å². The lowest BCUT2D eigenvalue weighted by Crippen LogP contribution is -2.24. The Kier molecular flexibility index (Phi) is 5.07. The first-order chi connectivity index (χ1) is 9.68. The topological polar surface area (TPSA) is 62.2 Å². The maximum Gasteiger partial charge on any atom is 0.144 e. The second kappa shape index (κ2) is 7.01. The van der Waals surface area contributed by atoms with E-state index in [4.69, 9.17) is 11.1 Å². The summed E-state index contributed by atoms with van der Waals surface area (Å²) in [6, 6.07) is 17.5. The second-order valence-electron chi connectivity index (χ2n) is 4.35. The van der Waals surface area contributed by atoms with E-state index in [1.807, 2.05) is 48.5 Å². The minimum absolute atomic E-state index is 0.276. The Morgan fingerprint density at radius 2 is 1.70 bits per heavy atom. The van der Waals surface area contributed by atoms with Crippen molar-refractivity contribution in [2.75, 3.05) is 6.54 Å². The van der Waals surface area contributed by atoms with Crippen molar-refractivity contribution >= 4 is 27.5 Å². The van der Waals surface area contributed by atoms with Gasteiger partial charge in [0.2, 0.25) is 0 Å². The van der Waals surface area contributed by atoms with E-state index in [9.17, 15) is 0 Å². The molecule has 2 rings (SSSR count). The lowest BCUT2D eigenvalue weighted by molar-refractivity contribution is 0.963. The first kappa shape index (κ1) is 14.5. The van der Waals surface area contributed by atoms with Crippen LogP contribution >= 0.6 is 15.9 Å². The summed E-state index contributed by atoms with van der Waals surface area (Å²) in [7, 11) is 0. The van der Waals surface area contributed by atoms with Crippen molar-refractivity contribution in [2.45, 2.75) is 6.42 Å². The van der Waals surface area contributed by atoms with Crippen LogP contribution in [0.5, 0.6) is 0 Å². The summed E-state index contributed by atoms with van der Waals surface area (Å²) in [6.07, 6.45) is 0.796. The summed E-state index contributed by atoms with van der Waals surface area (Å²) in [4.78, 5) is 4.29. The van der Waals surface area contributed by atoms with Gasteiger partial charge in [0.1, 0.15) is 11.5 Å². The summed E-state index contributed by atoms with van der Waals surface area (Å²) >= 11 is 3.51. The molecule has 0 saturated carbocycles. The number of aliphatic imine (C=N–C) groups is 1. The minimum Gasteiger partial charge on any atom is -0.382 e. The van der Waals surface area contributed by atoms with Crippen molar-refractivity contribution in [3.63, 3.8) is 0 Å². The van der Waals surface area contributed by atoms with Crippen LogP contribution in [0.3, 0.4) is 0 Å². The van der Waals surface area contributed by atoms with Crippen LogP contribution in [0.2, 0.25) is 0 Å². The third-order valence-corrected chi connectivity index (χ3v) is 3.71. The highest BCUT2D eigenvalue weighted by molar-refractivity contribution is 9.10. The molecule has 0 aromatic heterocycles. The molecule has 0 unspecified atom stereocenters. The molecule has 0 aliphatic carbocycles. The van der Waals surface area contributed by atoms with Gasteiger partial charge in [-0.25, -0.2) is 0 Å². The van der Waals surface area contributed by atoms with Gasteiger partial charge in [0.15, 0.2) is 0 Å². The third kappa shape index (κ3) is 3.78. The third-order valence-electron chi connectivity index (χ3n) is 2.94. The predicted molar refractivity (Wildman–Crippen MR) is 87.6 cm³/mol. The molecule has 20 heavy (non-hydrogen) atoms. The fraction of sp³-hybridized carbons (Fsp3) is 0.125. The molecule has 2 aromatic rings. The molecule has 3 nitrogen and oxygen atoms in total. The Morgan fingerprint density at radius 1 is 1.05 bits per heavy atom. The van der Waals surface area contributed by atoms with Gasteiger partial charge in [-0.15, -0.1) is 0 Å². The number of nitrogens with two attached hydrogens (primary N) is 1. The normalized spacial score (nSPS) is 11.3. The molecule has 0 heterocycles. The summed E-state index contributed by atoms with van der Waals surface area (Å²) < 4.78 is 1.08. The zero-order valence-electron chi connectivity index (χ0n) is 11.0. The van der Waals surface area contributed by atoms with E-state index < -0.39 is 0 Å². The summed E-state index contributed by atoms with van der Waals surface area (Å²) in [5.41, 5.74) is 8.12. The van der Waals surface area contributed by atoms with E-state index in [2.05, 4.69) is 27.0 Å². The van der Waals surface area contributed by atoms with Gasteiger partial charge < -0.3 is 5.73 Å². The van der Waals surface area contributed by atoms with E-state index in [1.54, 1.807) is 0 Å². The predicted octanol–water partition coefficient (Wildman–Crippen LogP) is 3.42. The Morgan fingerprint density at radius 3 is 2.40 bits per heavy atom. The van der Waals surface area contributed by atoms with Gasteiger partial charge in [-0.2, -0.15) is 0 Å². The molecule has 0 spiro atoms. The summed E-state index contributed by atoms with van der Waals surface area (Å²) in [6.45, 7) is 0.573. The zero-order valence-corrected chi connectivity index (χ0v) is 12.6. The number of halogens is 1. The zero-order chi connectivity index (χ0) is 14.4. The molecule has 0 amide bonds. The van der Waals surface area contributed by atoms with Gasteiger partial charge in [-0.1, -0.05) is 64.5 Å². The first-order valence-electron chi connectivity index (χ1n) is 6.36. The monoisotopic (exact) mass is 329 g/mol. The van der Waals surface area contributed by atoms with Crippen LogP contribution < -0.4 is 5.73 Å². The Hall–Kier alpha value is -1.94. The number of hydrogen-bond donors (Lipinski definition) is 2. The summed E-state index contributed by atoms with van der Waals surface area (Å²) in [5.74, 6) is 0.281. The molecule has 0 aliphatic rings. The average Bonchev–Trinajstić information content (AvgIpc) is 2.49. The maximum absolute atomic E-state index is 8.00. The molecule has 0 bridgehead atoms. The molecule has 0 fully saturated rings. The van der Waals surface area contributed by atoms with E-state index in [0.717, 1.165) is 16.5 Å². The van der Waals surface area contributed by atoms with E-state index in [1.165, 1.54) is 5.56 Å². The van der Waals surface area contributed by atoms with Gasteiger partial charge in [0.05, 0.1) is 0 Å². The molecule has 0 radical (unpaired) electrons. The molecular weight excluding hydrogens is 314 g/mol. The van der Waals surface area contributed by atoms with Gasteiger partial charge in [-0.05, 0) is 18.1 Å². The van der Waals surface area contributed by atoms with Crippen LogP contribution in [0, 0.1) is 5.41 Å². The van der Waals surface area contributed by atoms with Crippen molar-refractivity contribution in [2.24, 2.45) is 10.7 Å². The highest BCUT2D eigenvalue weighted by atomic mass is 79.9. The fourth-order valence-corrected chi connectivity index (χ4v) is 2.31. The van der Waals surface area contributed by atoms with Crippen molar-refractivity contribution in [3.05, 3.63) is 70.2 Å². The van der Waals surface area contributed by atoms with Crippen LogP contribution in [-0.2, 0) is 6.42 Å². The molecule has 0 saturated heterocycles. The Bertz CT molecular complexity index is 621. The molecule has 102 valence electrons. The van der Waals surface area contributed by atoms with Crippen LogP contribution in [0.4, 0.5) is 0 Å². The molecule has 3 N–H and O–H groups in total. The lowest BCUT2D eigenvalue weighted by atomic mass is 10.1. The summed E-state index contributed by atoms with van der Waals surface area (Å²) in [5, 5.41) is 8.00.